The van der Waals surface area contributed by atoms with Crippen LogP contribution >= 0.6 is 11.8 Å². The Kier molecular flexibility index (Phi) is 4.85. The van der Waals surface area contributed by atoms with Crippen LogP contribution in [0.15, 0.2) is 36.4 Å². The van der Waals surface area contributed by atoms with Gasteiger partial charge in [0.15, 0.2) is 0 Å². The number of nitrogens with zero attached hydrogens (tertiary/aromatic N) is 1. The number of aromatic nitrogens is 2. The number of hydrogen-bond donors (Lipinski definition) is 2. The van der Waals surface area contributed by atoms with Crippen LogP contribution in [-0.4, -0.2) is 34.7 Å². The Morgan fingerprint density at radius 3 is 2.92 bits per heavy atom. The summed E-state index contributed by atoms with van der Waals surface area (Å²) in [5, 5.41) is 11.0. The number of aryl methyl sites for hydroxylation is 1. The molecule has 6 heteroatoms. The van der Waals surface area contributed by atoms with Crippen LogP contribution in [0.2, 0.25) is 0 Å². The highest BCUT2D eigenvalue weighted by molar-refractivity contribution is 7.98. The molecule has 0 fully saturated rings. The normalized spacial score (nSPS) is 11.0. The maximum Gasteiger partial charge on any atom is 0.251 e. The maximum absolute atomic E-state index is 13.5. The molecule has 3 rings (SSSR count). The number of halogens is 1. The quantitative estimate of drug-likeness (QED) is 0.693. The Hall–Kier alpha value is -2.34. The predicted octanol–water partition coefficient (Wildman–Crippen LogP) is 3.77. The molecule has 124 valence electrons. The first kappa shape index (κ1) is 16.5. The van der Waals surface area contributed by atoms with Crippen molar-refractivity contribution in [2.45, 2.75) is 6.92 Å². The van der Waals surface area contributed by atoms with E-state index in [9.17, 15) is 9.18 Å². The van der Waals surface area contributed by atoms with Crippen molar-refractivity contribution in [2.75, 3.05) is 18.6 Å². The van der Waals surface area contributed by atoms with Crippen molar-refractivity contribution in [2.24, 2.45) is 0 Å². The Bertz CT molecular complexity index is 891. The monoisotopic (exact) mass is 343 g/mol. The van der Waals surface area contributed by atoms with Crippen LogP contribution in [0.3, 0.4) is 0 Å². The SMILES string of the molecule is CSCCNC(=O)c1cc(C)c2[nH]nc(-c3cccc(F)c3)c2c1. The molecule has 4 nitrogen and oxygen atoms in total. The van der Waals surface area contributed by atoms with Gasteiger partial charge in [-0.15, -0.1) is 0 Å². The van der Waals surface area contributed by atoms with Gasteiger partial charge in [-0.05, 0) is 43.0 Å². The second kappa shape index (κ2) is 7.05. The van der Waals surface area contributed by atoms with E-state index >= 15 is 0 Å². The summed E-state index contributed by atoms with van der Waals surface area (Å²) in [5.74, 6) is 0.444. The molecule has 3 aromatic rings. The van der Waals surface area contributed by atoms with Crippen LogP contribution in [0.5, 0.6) is 0 Å². The highest BCUT2D eigenvalue weighted by Crippen LogP contribution is 2.29. The molecule has 0 bridgehead atoms. The molecule has 0 aliphatic heterocycles. The zero-order valence-corrected chi connectivity index (χ0v) is 14.3. The number of aromatic amines is 1. The molecule has 0 saturated heterocycles. The molecule has 0 aliphatic carbocycles. The second-order valence-electron chi connectivity index (χ2n) is 5.55. The molecule has 0 saturated carbocycles. The van der Waals surface area contributed by atoms with Crippen molar-refractivity contribution in [3.63, 3.8) is 0 Å². The molecule has 24 heavy (non-hydrogen) atoms. The summed E-state index contributed by atoms with van der Waals surface area (Å²) in [6, 6.07) is 9.94. The fourth-order valence-corrected chi connectivity index (χ4v) is 2.96. The van der Waals surface area contributed by atoms with Crippen LogP contribution in [0.4, 0.5) is 4.39 Å². The molecule has 2 aromatic carbocycles. The van der Waals surface area contributed by atoms with E-state index in [1.165, 1.54) is 12.1 Å². The number of fused-ring (bicyclic) bond motifs is 1. The van der Waals surface area contributed by atoms with Crippen LogP contribution in [0.1, 0.15) is 15.9 Å². The molecule has 0 atom stereocenters. The van der Waals surface area contributed by atoms with Crippen LogP contribution in [0.25, 0.3) is 22.2 Å². The average Bonchev–Trinajstić information content (AvgIpc) is 2.99. The lowest BCUT2D eigenvalue weighted by Gasteiger charge is -2.06. The zero-order valence-electron chi connectivity index (χ0n) is 13.5. The van der Waals surface area contributed by atoms with Gasteiger partial charge in [0.2, 0.25) is 0 Å². The molecule has 1 aromatic heterocycles. The first-order chi connectivity index (χ1) is 11.6. The number of benzene rings is 2. The smallest absolute Gasteiger partial charge is 0.251 e. The van der Waals surface area contributed by atoms with Gasteiger partial charge >= 0.3 is 0 Å². The summed E-state index contributed by atoms with van der Waals surface area (Å²) < 4.78 is 13.5. The molecular formula is C18H18FN3OS. The zero-order chi connectivity index (χ0) is 17.1. The van der Waals surface area contributed by atoms with E-state index < -0.39 is 0 Å². The molecule has 1 amide bonds. The first-order valence-electron chi connectivity index (χ1n) is 7.62. The van der Waals surface area contributed by atoms with E-state index in [4.69, 9.17) is 0 Å². The summed E-state index contributed by atoms with van der Waals surface area (Å²) >= 11 is 1.68. The third-order valence-electron chi connectivity index (χ3n) is 3.82. The predicted molar refractivity (Wildman–Crippen MR) is 96.9 cm³/mol. The lowest BCUT2D eigenvalue weighted by molar-refractivity contribution is 0.0956. The largest absolute Gasteiger partial charge is 0.351 e. The standard InChI is InChI=1S/C18H18FN3OS/c1-11-8-13(18(23)20-6-7-24-2)10-15-16(11)21-22-17(15)12-4-3-5-14(19)9-12/h3-5,8-10H,6-7H2,1-2H3,(H,20,23)(H,21,22). The van der Waals surface area contributed by atoms with E-state index in [-0.39, 0.29) is 11.7 Å². The van der Waals surface area contributed by atoms with E-state index in [1.54, 1.807) is 30.0 Å². The molecule has 0 spiro atoms. The van der Waals surface area contributed by atoms with E-state index in [1.807, 2.05) is 19.2 Å². The third-order valence-corrected chi connectivity index (χ3v) is 4.43. The van der Waals surface area contributed by atoms with Crippen LogP contribution in [0, 0.1) is 12.7 Å². The van der Waals surface area contributed by atoms with E-state index in [0.717, 1.165) is 22.2 Å². The van der Waals surface area contributed by atoms with Crippen LogP contribution < -0.4 is 5.32 Å². The summed E-state index contributed by atoms with van der Waals surface area (Å²) in [4.78, 5) is 12.3. The number of carbonyl (C=O) groups excluding carboxylic acids is 1. The number of hydrogen-bond acceptors (Lipinski definition) is 3. The topological polar surface area (TPSA) is 57.8 Å². The molecule has 2 N–H and O–H groups in total. The first-order valence-corrected chi connectivity index (χ1v) is 9.01. The number of nitrogens with one attached hydrogen (secondary N) is 2. The second-order valence-corrected chi connectivity index (χ2v) is 6.53. The molecule has 0 radical (unpaired) electrons. The van der Waals surface area contributed by atoms with Gasteiger partial charge in [-0.3, -0.25) is 9.89 Å². The molecule has 1 heterocycles. The van der Waals surface area contributed by atoms with Crippen molar-refractivity contribution >= 4 is 28.6 Å². The highest BCUT2D eigenvalue weighted by Gasteiger charge is 2.14. The number of H-pyrrole nitrogens is 1. The summed E-state index contributed by atoms with van der Waals surface area (Å²) in [5.41, 5.74) is 3.69. The minimum Gasteiger partial charge on any atom is -0.351 e. The molecule has 0 aliphatic rings. The Morgan fingerprint density at radius 1 is 1.33 bits per heavy atom. The van der Waals surface area contributed by atoms with Gasteiger partial charge in [-0.25, -0.2) is 4.39 Å². The van der Waals surface area contributed by atoms with E-state index in [0.29, 0.717) is 23.4 Å². The Balaban J connectivity index is 2.03. The fraction of sp³-hybridized carbons (Fsp3) is 0.222. The Labute approximate surface area is 143 Å². The van der Waals surface area contributed by atoms with Crippen LogP contribution in [-0.2, 0) is 0 Å². The van der Waals surface area contributed by atoms with Gasteiger partial charge in [0.25, 0.3) is 5.91 Å². The van der Waals surface area contributed by atoms with Gasteiger partial charge in [0, 0.05) is 28.8 Å². The van der Waals surface area contributed by atoms with Crippen molar-refractivity contribution < 1.29 is 9.18 Å². The van der Waals surface area contributed by atoms with Crippen molar-refractivity contribution in [1.82, 2.24) is 15.5 Å². The van der Waals surface area contributed by atoms with E-state index in [2.05, 4.69) is 15.5 Å². The van der Waals surface area contributed by atoms with Crippen molar-refractivity contribution in [3.05, 3.63) is 53.3 Å². The minimum atomic E-state index is -0.314. The lowest BCUT2D eigenvalue weighted by Crippen LogP contribution is -2.25. The molecular weight excluding hydrogens is 325 g/mol. The van der Waals surface area contributed by atoms with Gasteiger partial charge in [-0.2, -0.15) is 16.9 Å². The highest BCUT2D eigenvalue weighted by atomic mass is 32.2. The van der Waals surface area contributed by atoms with Gasteiger partial charge in [0.05, 0.1) is 5.52 Å². The molecule has 0 unspecified atom stereocenters. The third kappa shape index (κ3) is 3.28. The summed E-state index contributed by atoms with van der Waals surface area (Å²) in [6.45, 7) is 2.55. The minimum absolute atomic E-state index is 0.111. The van der Waals surface area contributed by atoms with Gasteiger partial charge < -0.3 is 5.32 Å². The fourth-order valence-electron chi connectivity index (χ4n) is 2.65. The average molecular weight is 343 g/mol. The number of amides is 1. The summed E-state index contributed by atoms with van der Waals surface area (Å²) in [7, 11) is 0. The lowest BCUT2D eigenvalue weighted by atomic mass is 10.0. The number of thioether (sulfide) groups is 1. The van der Waals surface area contributed by atoms with Crippen molar-refractivity contribution in [1.29, 1.82) is 0 Å². The number of carbonyl (C=O) groups is 1. The maximum atomic E-state index is 13.5. The van der Waals surface area contributed by atoms with Gasteiger partial charge in [0.1, 0.15) is 11.5 Å². The van der Waals surface area contributed by atoms with Gasteiger partial charge in [-0.1, -0.05) is 12.1 Å². The van der Waals surface area contributed by atoms with Crippen molar-refractivity contribution in [3.8, 4) is 11.3 Å². The Morgan fingerprint density at radius 2 is 2.17 bits per heavy atom. The summed E-state index contributed by atoms with van der Waals surface area (Å²) in [6.07, 6.45) is 2.00. The number of rotatable bonds is 5.